The van der Waals surface area contributed by atoms with Gasteiger partial charge in [-0.15, -0.1) is 0 Å². The van der Waals surface area contributed by atoms with E-state index < -0.39 is 10.0 Å². The van der Waals surface area contributed by atoms with Crippen molar-refractivity contribution in [3.8, 4) is 0 Å². The van der Waals surface area contributed by atoms with Crippen molar-refractivity contribution in [2.45, 2.75) is 25.5 Å². The van der Waals surface area contributed by atoms with Crippen LogP contribution in [0.2, 0.25) is 0 Å². The third-order valence-corrected chi connectivity index (χ3v) is 4.82. The molecule has 1 aliphatic rings. The van der Waals surface area contributed by atoms with Crippen LogP contribution < -0.4 is 5.32 Å². The number of hydrogen-bond donors (Lipinski definition) is 1. The van der Waals surface area contributed by atoms with E-state index in [0.717, 1.165) is 25.7 Å². The van der Waals surface area contributed by atoms with Gasteiger partial charge < -0.3 is 14.5 Å². The number of carbonyl (C=O) groups excluding carboxylic acids is 1. The number of rotatable bonds is 7. The van der Waals surface area contributed by atoms with E-state index in [1.54, 1.807) is 18.2 Å². The first-order chi connectivity index (χ1) is 10.8. The highest BCUT2D eigenvalue weighted by Gasteiger charge is 2.15. The Labute approximate surface area is 136 Å². The maximum atomic E-state index is 11.7. The lowest BCUT2D eigenvalue weighted by molar-refractivity contribution is -0.116. The van der Waals surface area contributed by atoms with Gasteiger partial charge in [0.15, 0.2) is 0 Å². The Hall–Kier alpha value is -1.64. The molecule has 1 aromatic heterocycles. The molecule has 8 heteroatoms. The van der Waals surface area contributed by atoms with Crippen molar-refractivity contribution in [3.05, 3.63) is 29.7 Å². The first-order valence-corrected chi connectivity index (χ1v) is 9.27. The van der Waals surface area contributed by atoms with Crippen LogP contribution in [0.15, 0.2) is 22.6 Å². The Morgan fingerprint density at radius 2 is 2.26 bits per heavy atom. The smallest absolute Gasteiger partial charge is 0.244 e. The summed E-state index contributed by atoms with van der Waals surface area (Å²) < 4.78 is 34.8. The van der Waals surface area contributed by atoms with Gasteiger partial charge in [-0.1, -0.05) is 0 Å². The second kappa shape index (κ2) is 7.76. The fraction of sp³-hybridized carbons (Fsp3) is 0.533. The summed E-state index contributed by atoms with van der Waals surface area (Å²) in [6, 6.07) is 3.38. The van der Waals surface area contributed by atoms with E-state index in [0.29, 0.717) is 18.1 Å². The number of nitrogens with one attached hydrogen (secondary N) is 1. The SMILES string of the molecule is CN(Cc1ccc(/C=C/C(=O)NC[C@@H]2CCCO2)o1)S(C)(=O)=O. The molecular weight excluding hydrogens is 320 g/mol. The molecule has 2 rings (SSSR count). The van der Waals surface area contributed by atoms with Crippen LogP contribution in [-0.4, -0.2) is 51.2 Å². The zero-order valence-corrected chi connectivity index (χ0v) is 14.1. The standard InChI is InChI=1S/C15H22N2O5S/c1-17(23(2,19)20)11-14-6-5-12(22-14)7-8-15(18)16-10-13-4-3-9-21-13/h5-8,13H,3-4,9-11H2,1-2H3,(H,16,18)/b8-7+/t13-/m0/s1. The summed E-state index contributed by atoms with van der Waals surface area (Å²) in [5, 5.41) is 2.77. The molecular formula is C15H22N2O5S. The fourth-order valence-electron chi connectivity index (χ4n) is 2.14. The molecule has 1 aromatic rings. The van der Waals surface area contributed by atoms with E-state index in [2.05, 4.69) is 5.32 Å². The van der Waals surface area contributed by atoms with E-state index >= 15 is 0 Å². The maximum Gasteiger partial charge on any atom is 0.244 e. The summed E-state index contributed by atoms with van der Waals surface area (Å²) in [5.41, 5.74) is 0. The molecule has 0 bridgehead atoms. The van der Waals surface area contributed by atoms with Gasteiger partial charge in [-0.2, -0.15) is 4.31 Å². The molecule has 0 radical (unpaired) electrons. The third kappa shape index (κ3) is 5.81. The molecule has 0 saturated carbocycles. The molecule has 1 amide bonds. The molecule has 0 aromatic carbocycles. The van der Waals surface area contributed by atoms with Gasteiger partial charge in [-0.05, 0) is 31.1 Å². The quantitative estimate of drug-likeness (QED) is 0.746. The number of amides is 1. The molecule has 128 valence electrons. The largest absolute Gasteiger partial charge is 0.460 e. The van der Waals surface area contributed by atoms with Crippen molar-refractivity contribution in [1.29, 1.82) is 0 Å². The molecule has 23 heavy (non-hydrogen) atoms. The summed E-state index contributed by atoms with van der Waals surface area (Å²) in [4.78, 5) is 11.7. The molecule has 2 heterocycles. The van der Waals surface area contributed by atoms with Gasteiger partial charge in [0.25, 0.3) is 0 Å². The normalized spacial score (nSPS) is 18.8. The van der Waals surface area contributed by atoms with Crippen LogP contribution in [0.3, 0.4) is 0 Å². The number of furan rings is 1. The van der Waals surface area contributed by atoms with E-state index in [9.17, 15) is 13.2 Å². The van der Waals surface area contributed by atoms with Crippen molar-refractivity contribution < 1.29 is 22.4 Å². The molecule has 1 aliphatic heterocycles. The van der Waals surface area contributed by atoms with Crippen LogP contribution >= 0.6 is 0 Å². The van der Waals surface area contributed by atoms with E-state index in [4.69, 9.17) is 9.15 Å². The van der Waals surface area contributed by atoms with Crippen LogP contribution in [0, 0.1) is 0 Å². The number of hydrogen-bond acceptors (Lipinski definition) is 5. The molecule has 0 spiro atoms. The summed E-state index contributed by atoms with van der Waals surface area (Å²) in [7, 11) is -1.78. The summed E-state index contributed by atoms with van der Waals surface area (Å²) in [5.74, 6) is 0.790. The Balaban J connectivity index is 1.81. The number of nitrogens with zero attached hydrogens (tertiary/aromatic N) is 1. The van der Waals surface area contributed by atoms with Gasteiger partial charge in [0.05, 0.1) is 18.9 Å². The van der Waals surface area contributed by atoms with Crippen LogP contribution in [0.5, 0.6) is 0 Å². The first kappa shape index (κ1) is 17.7. The Morgan fingerprint density at radius 1 is 1.48 bits per heavy atom. The van der Waals surface area contributed by atoms with Crippen molar-refractivity contribution in [3.63, 3.8) is 0 Å². The van der Waals surface area contributed by atoms with Gasteiger partial charge in [-0.3, -0.25) is 4.79 Å². The average molecular weight is 342 g/mol. The van der Waals surface area contributed by atoms with Crippen LogP contribution in [0.1, 0.15) is 24.4 Å². The zero-order chi connectivity index (χ0) is 16.9. The lowest BCUT2D eigenvalue weighted by Crippen LogP contribution is -2.30. The Bertz CT molecular complexity index is 659. The molecule has 1 atom stereocenters. The Kier molecular flexibility index (Phi) is 5.97. The predicted octanol–water partition coefficient (Wildman–Crippen LogP) is 0.979. The highest BCUT2D eigenvalue weighted by molar-refractivity contribution is 7.88. The predicted molar refractivity (Wildman–Crippen MR) is 86.0 cm³/mol. The van der Waals surface area contributed by atoms with Gasteiger partial charge in [-0.25, -0.2) is 8.42 Å². The highest BCUT2D eigenvalue weighted by Crippen LogP contribution is 2.13. The fourth-order valence-corrected chi connectivity index (χ4v) is 2.50. The second-order valence-corrected chi connectivity index (χ2v) is 7.63. The second-order valence-electron chi connectivity index (χ2n) is 5.54. The number of carbonyl (C=O) groups is 1. The van der Waals surface area contributed by atoms with Crippen LogP contribution in [0.4, 0.5) is 0 Å². The minimum Gasteiger partial charge on any atom is -0.460 e. The van der Waals surface area contributed by atoms with Crippen molar-refractivity contribution in [2.24, 2.45) is 0 Å². The van der Waals surface area contributed by atoms with Gasteiger partial charge in [0.1, 0.15) is 11.5 Å². The molecule has 0 unspecified atom stereocenters. The van der Waals surface area contributed by atoms with E-state index in [1.807, 2.05) is 0 Å². The zero-order valence-electron chi connectivity index (χ0n) is 13.3. The topological polar surface area (TPSA) is 88.8 Å². The molecule has 1 N–H and O–H groups in total. The van der Waals surface area contributed by atoms with Gasteiger partial charge >= 0.3 is 0 Å². The minimum atomic E-state index is -3.25. The van der Waals surface area contributed by atoms with Gasteiger partial charge in [0, 0.05) is 26.3 Å². The minimum absolute atomic E-state index is 0.106. The number of sulfonamides is 1. The highest BCUT2D eigenvalue weighted by atomic mass is 32.2. The monoisotopic (exact) mass is 342 g/mol. The molecule has 0 aliphatic carbocycles. The third-order valence-electron chi connectivity index (χ3n) is 3.55. The summed E-state index contributed by atoms with van der Waals surface area (Å²) in [6.07, 6.45) is 6.18. The number of ether oxygens (including phenoxy) is 1. The molecule has 1 fully saturated rings. The van der Waals surface area contributed by atoms with E-state index in [1.165, 1.54) is 17.4 Å². The van der Waals surface area contributed by atoms with E-state index in [-0.39, 0.29) is 18.6 Å². The lowest BCUT2D eigenvalue weighted by atomic mass is 10.2. The molecule has 1 saturated heterocycles. The van der Waals surface area contributed by atoms with Crippen molar-refractivity contribution in [1.82, 2.24) is 9.62 Å². The van der Waals surface area contributed by atoms with Crippen LogP contribution in [-0.2, 0) is 26.1 Å². The molecule has 7 nitrogen and oxygen atoms in total. The summed E-state index contributed by atoms with van der Waals surface area (Å²) >= 11 is 0. The van der Waals surface area contributed by atoms with Crippen molar-refractivity contribution >= 4 is 22.0 Å². The lowest BCUT2D eigenvalue weighted by Gasteiger charge is -2.11. The van der Waals surface area contributed by atoms with Crippen LogP contribution in [0.25, 0.3) is 6.08 Å². The maximum absolute atomic E-state index is 11.7. The first-order valence-electron chi connectivity index (χ1n) is 7.42. The Morgan fingerprint density at radius 3 is 2.91 bits per heavy atom. The average Bonchev–Trinajstić information content (AvgIpc) is 3.13. The van der Waals surface area contributed by atoms with Crippen molar-refractivity contribution in [2.75, 3.05) is 26.5 Å². The van der Waals surface area contributed by atoms with Gasteiger partial charge in [0.2, 0.25) is 15.9 Å². The summed E-state index contributed by atoms with van der Waals surface area (Å²) in [6.45, 7) is 1.41.